The molecule has 42 heteroatoms. The van der Waals surface area contributed by atoms with E-state index in [2.05, 4.69) is 53.7 Å². The van der Waals surface area contributed by atoms with Crippen LogP contribution in [0.15, 0.2) is 161 Å². The number of aldehydes is 1. The van der Waals surface area contributed by atoms with Crippen molar-refractivity contribution < 1.29 is 94.7 Å². The Balaban J connectivity index is 0.000000141. The molecule has 3 aromatic carbocycles. The molecule has 30 nitrogen and oxygen atoms in total. The Morgan fingerprint density at radius 1 is 0.483 bits per heavy atom. The van der Waals surface area contributed by atoms with Crippen LogP contribution >= 0.6 is 34.8 Å². The number of halogens is 9. The molecule has 0 amide bonds. The standard InChI is InChI=1S/2C24H20ClF2N5O4S.C18H20F2N4O4S.C6H4ClNO.C2H4O2/c2*1-14-4-6-18-23(29-14)32(22(30-18)17-3-2-10-28-21(17)25)15-8-11-31(12-9-15)37(33,34)16-5-7-19-20(13-16)36-24(26,27)35-19;1-11-2-4-14(21)17(22-11)23-12-6-8-24(9-7-12)29(25,26)13-3-5-15-16(10-13)28-18(19,20)27-15;7-6-5(4-9)2-1-3-8-6;1-2(3)4/h2*2-7,10,13,15H,8-9,11-12H2,1H3;2-5,10,12H,6-9,21H2,1H3,(H,22,23);1-4H;1H3,(H,3,4). The zero-order valence-corrected chi connectivity index (χ0v) is 66.0. The molecule has 11 aromatic rings. The number of hydrogen-bond donors (Lipinski definition) is 3. The largest absolute Gasteiger partial charge is 0.586 e. The van der Waals surface area contributed by atoms with Gasteiger partial charge in [-0.2, -0.15) is 12.9 Å². The first-order chi connectivity index (χ1) is 55.0. The van der Waals surface area contributed by atoms with Crippen molar-refractivity contribution in [3.8, 4) is 57.3 Å². The third-order valence-corrected chi connectivity index (χ3v) is 25.3. The number of benzene rings is 3. The summed E-state index contributed by atoms with van der Waals surface area (Å²) in [7, 11) is -11.7. The summed E-state index contributed by atoms with van der Waals surface area (Å²) in [6.07, 6.45) is -3.00. The van der Waals surface area contributed by atoms with Crippen molar-refractivity contribution in [1.82, 2.24) is 61.9 Å². The molecule has 3 fully saturated rings. The van der Waals surface area contributed by atoms with Crippen LogP contribution in [-0.4, -0.2) is 169 Å². The molecule has 0 bridgehead atoms. The lowest BCUT2D eigenvalue weighted by Crippen LogP contribution is -2.42. The Morgan fingerprint density at radius 2 is 0.819 bits per heavy atom. The van der Waals surface area contributed by atoms with Crippen molar-refractivity contribution >= 4 is 111 Å². The molecule has 0 spiro atoms. The van der Waals surface area contributed by atoms with E-state index in [4.69, 9.17) is 70.4 Å². The number of anilines is 2. The number of nitrogens with one attached hydrogen (secondary N) is 1. The van der Waals surface area contributed by atoms with Gasteiger partial charge in [0, 0.05) is 118 Å². The fourth-order valence-corrected chi connectivity index (χ4v) is 18.3. The summed E-state index contributed by atoms with van der Waals surface area (Å²) in [4.78, 5) is 54.1. The highest BCUT2D eigenvalue weighted by molar-refractivity contribution is 7.89. The van der Waals surface area contributed by atoms with Gasteiger partial charge < -0.3 is 53.7 Å². The number of carbonyl (C=O) groups is 2. The number of pyridine rings is 6. The number of alkyl halides is 6. The SMILES string of the molecule is CC(=O)O.Cc1ccc(N)c(NC2CCN(S(=O)(=O)c3ccc4c(c3)OC(F)(F)O4)CC2)n1.Cc1ccc2nc(-c3cccnc3Cl)n(C3CCN(S(=O)(=O)c4ccc5c(c4)OC(F)(F)O5)CC3)c2n1.Cc1ccc2nc(-c3cccnc3Cl)n(C3CCN(S(=O)(=O)c4ccc5c(c4)OC(F)(F)O5)CC3)c2n1.O=Cc1cccnc1Cl. The van der Waals surface area contributed by atoms with E-state index in [-0.39, 0.29) is 112 Å². The van der Waals surface area contributed by atoms with Gasteiger partial charge in [0.25, 0.3) is 5.97 Å². The Labute approximate surface area is 673 Å². The number of piperidine rings is 3. The van der Waals surface area contributed by atoms with Crippen LogP contribution in [0.4, 0.5) is 37.8 Å². The van der Waals surface area contributed by atoms with Gasteiger partial charge in [-0.15, -0.1) is 26.3 Å². The van der Waals surface area contributed by atoms with Gasteiger partial charge in [0.05, 0.1) is 37.1 Å². The topological polar surface area (TPSA) is 373 Å². The molecule has 6 aliphatic rings. The third-order valence-electron chi connectivity index (χ3n) is 18.7. The quantitative estimate of drug-likeness (QED) is 0.0548. The highest BCUT2D eigenvalue weighted by Crippen LogP contribution is 2.47. The summed E-state index contributed by atoms with van der Waals surface area (Å²) in [6, 6.07) is 31.9. The molecular weight excluding hydrogens is 1660 g/mol. The van der Waals surface area contributed by atoms with Gasteiger partial charge in [0.2, 0.25) is 30.1 Å². The zero-order chi connectivity index (χ0) is 83.0. The summed E-state index contributed by atoms with van der Waals surface area (Å²) >= 11 is 18.3. The number of imidazole rings is 2. The van der Waals surface area contributed by atoms with Crippen LogP contribution in [0.1, 0.15) is 85.0 Å². The number of rotatable bonds is 13. The van der Waals surface area contributed by atoms with E-state index in [0.29, 0.717) is 117 Å². The number of ether oxygens (including phenoxy) is 6. The summed E-state index contributed by atoms with van der Waals surface area (Å²) in [5.74, 6) is -0.557. The molecule has 14 heterocycles. The maximum Gasteiger partial charge on any atom is 0.586 e. The molecule has 4 N–H and O–H groups in total. The summed E-state index contributed by atoms with van der Waals surface area (Å²) in [6.45, 7) is 8.13. The predicted molar refractivity (Wildman–Crippen MR) is 410 cm³/mol. The number of sulfonamides is 3. The molecule has 6 aliphatic heterocycles. The fraction of sp³-hybridized carbons (Fsp3) is 0.297. The van der Waals surface area contributed by atoms with Crippen molar-refractivity contribution in [2.24, 2.45) is 0 Å². The second kappa shape index (κ2) is 33.4. The lowest BCUT2D eigenvalue weighted by molar-refractivity contribution is -0.287. The van der Waals surface area contributed by atoms with Crippen molar-refractivity contribution in [3.05, 3.63) is 184 Å². The zero-order valence-electron chi connectivity index (χ0n) is 61.3. The number of nitrogens with zero attached hydrogens (tertiary/aromatic N) is 13. The normalized spacial score (nSPS) is 17.2. The van der Waals surface area contributed by atoms with E-state index in [1.54, 1.807) is 42.7 Å². The lowest BCUT2D eigenvalue weighted by atomic mass is 10.1. The van der Waals surface area contributed by atoms with Gasteiger partial charge in [-0.05, 0) is 168 Å². The Morgan fingerprint density at radius 3 is 1.17 bits per heavy atom. The molecule has 8 aromatic heterocycles. The first kappa shape index (κ1) is 83.2. The maximum atomic E-state index is 13.4. The molecule has 0 aliphatic carbocycles. The van der Waals surface area contributed by atoms with Crippen LogP contribution in [0.3, 0.4) is 0 Å². The summed E-state index contributed by atoms with van der Waals surface area (Å²) in [5, 5.41) is 11.6. The van der Waals surface area contributed by atoms with Gasteiger partial charge in [0.1, 0.15) is 44.0 Å². The third kappa shape index (κ3) is 18.4. The molecule has 0 saturated carbocycles. The van der Waals surface area contributed by atoms with Crippen molar-refractivity contribution in [2.75, 3.05) is 50.3 Å². The number of aryl methyl sites for hydroxylation is 3. The van der Waals surface area contributed by atoms with E-state index in [0.717, 1.165) is 42.2 Å². The predicted octanol–water partition coefficient (Wildman–Crippen LogP) is 13.8. The number of aliphatic carboxylic acids is 1. The maximum absolute atomic E-state index is 13.4. The number of fused-ring (bicyclic) bond motifs is 5. The second-order valence-electron chi connectivity index (χ2n) is 26.7. The van der Waals surface area contributed by atoms with Crippen LogP contribution < -0.4 is 39.5 Å². The minimum absolute atomic E-state index is 0.0218. The minimum Gasteiger partial charge on any atom is -0.481 e. The lowest BCUT2D eigenvalue weighted by Gasteiger charge is -2.32. The highest BCUT2D eigenvalue weighted by atomic mass is 35.5. The molecule has 116 heavy (non-hydrogen) atoms. The molecular formula is C74H68Cl3F6N15O15S3. The monoisotopic (exact) mass is 1720 g/mol. The van der Waals surface area contributed by atoms with Gasteiger partial charge >= 0.3 is 18.9 Å². The van der Waals surface area contributed by atoms with Crippen LogP contribution in [0.2, 0.25) is 15.5 Å². The van der Waals surface area contributed by atoms with E-state index in [9.17, 15) is 56.4 Å². The number of carboxylic acids is 1. The number of carbonyl (C=O) groups excluding carboxylic acids is 1. The molecule has 17 rings (SSSR count). The van der Waals surface area contributed by atoms with Gasteiger partial charge in [-0.3, -0.25) is 9.59 Å². The molecule has 3 saturated heterocycles. The van der Waals surface area contributed by atoms with Crippen molar-refractivity contribution in [1.29, 1.82) is 0 Å². The summed E-state index contributed by atoms with van der Waals surface area (Å²) < 4.78 is 193. The van der Waals surface area contributed by atoms with Crippen molar-refractivity contribution in [2.45, 2.75) is 118 Å². The molecule has 610 valence electrons. The van der Waals surface area contributed by atoms with Gasteiger partial charge in [-0.1, -0.05) is 34.8 Å². The van der Waals surface area contributed by atoms with Gasteiger partial charge in [0.15, 0.2) is 52.1 Å². The number of aromatic nitrogens is 10. The Hall–Kier alpha value is -10.8. The van der Waals surface area contributed by atoms with Crippen LogP contribution in [-0.2, 0) is 34.9 Å². The number of nitrogens with two attached hydrogens (primary N) is 1. The van der Waals surface area contributed by atoms with Gasteiger partial charge in [-0.25, -0.2) is 65.1 Å². The smallest absolute Gasteiger partial charge is 0.481 e. The average molecular weight is 1720 g/mol. The van der Waals surface area contributed by atoms with Crippen LogP contribution in [0.5, 0.6) is 34.5 Å². The van der Waals surface area contributed by atoms with Crippen LogP contribution in [0, 0.1) is 20.8 Å². The first-order valence-corrected chi connectivity index (χ1v) is 40.8. The van der Waals surface area contributed by atoms with Crippen molar-refractivity contribution in [3.63, 3.8) is 0 Å². The van der Waals surface area contributed by atoms with Crippen LogP contribution in [0.25, 0.3) is 45.1 Å². The molecule has 0 radical (unpaired) electrons. The second-order valence-corrected chi connectivity index (χ2v) is 33.6. The fourth-order valence-electron chi connectivity index (χ4n) is 13.3. The number of hydrogen-bond acceptors (Lipinski definition) is 24. The number of nitrogen functional groups attached to an aromatic ring is 1. The first-order valence-electron chi connectivity index (χ1n) is 35.3. The van der Waals surface area contributed by atoms with E-state index < -0.39 is 54.9 Å². The Kier molecular flexibility index (Phi) is 24.0. The Bertz CT molecular complexity index is 5700. The van der Waals surface area contributed by atoms with E-state index >= 15 is 0 Å². The summed E-state index contributed by atoms with van der Waals surface area (Å²) in [5.41, 5.74) is 13.5. The molecule has 0 atom stereocenters. The average Bonchev–Trinajstić information content (AvgIpc) is 1.57. The molecule has 0 unspecified atom stereocenters. The number of carboxylic acid groups (broad SMARTS) is 1. The van der Waals surface area contributed by atoms with E-state index in [1.807, 2.05) is 72.4 Å². The van der Waals surface area contributed by atoms with E-state index in [1.165, 1.54) is 55.5 Å². The highest BCUT2D eigenvalue weighted by Gasteiger charge is 2.47. The minimum atomic E-state index is -3.95.